The molecule has 1 aromatic carbocycles. The van der Waals surface area contributed by atoms with Crippen molar-refractivity contribution >= 4 is 6.29 Å². The summed E-state index contributed by atoms with van der Waals surface area (Å²) < 4.78 is 12.7. The molecule has 2 nitrogen and oxygen atoms in total. The topological polar surface area (TPSA) is 30.0 Å². The third kappa shape index (κ3) is 2.56. The second kappa shape index (κ2) is 4.87. The maximum Gasteiger partial charge on any atom is 0.141 e. The van der Waals surface area contributed by atoms with Crippen LogP contribution in [0.2, 0.25) is 0 Å². The van der Waals surface area contributed by atoms with Crippen LogP contribution in [0.4, 0.5) is 4.39 Å². The lowest BCUT2D eigenvalue weighted by atomic mass is 10.0. The zero-order chi connectivity index (χ0) is 12.3. The van der Waals surface area contributed by atoms with Crippen LogP contribution < -0.4 is 0 Å². The first-order valence-corrected chi connectivity index (χ1v) is 5.36. The highest BCUT2D eigenvalue weighted by Gasteiger charge is 2.03. The monoisotopic (exact) mass is 229 g/mol. The molecule has 0 N–H and O–H groups in total. The predicted octanol–water partition coefficient (Wildman–Crippen LogP) is 2.94. The van der Waals surface area contributed by atoms with E-state index in [0.717, 1.165) is 28.7 Å². The first-order valence-electron chi connectivity index (χ1n) is 5.36. The standard InChI is InChI=1S/C14H12FNO/c1-10-8-12(3-2-11(10)6-7-17)14-5-4-13(15)9-16-14/h2-5,7-9H,6H2,1H3. The summed E-state index contributed by atoms with van der Waals surface area (Å²) in [6, 6.07) is 8.79. The van der Waals surface area contributed by atoms with Crippen LogP contribution in [0.5, 0.6) is 0 Å². The summed E-state index contributed by atoms with van der Waals surface area (Å²) in [5, 5.41) is 0. The van der Waals surface area contributed by atoms with Crippen molar-refractivity contribution < 1.29 is 9.18 Å². The Bertz CT molecular complexity index is 534. The van der Waals surface area contributed by atoms with Gasteiger partial charge in [-0.25, -0.2) is 4.39 Å². The number of benzene rings is 1. The number of halogens is 1. The summed E-state index contributed by atoms with van der Waals surface area (Å²) >= 11 is 0. The van der Waals surface area contributed by atoms with Gasteiger partial charge in [0.15, 0.2) is 0 Å². The lowest BCUT2D eigenvalue weighted by molar-refractivity contribution is -0.107. The molecule has 0 unspecified atom stereocenters. The molecule has 17 heavy (non-hydrogen) atoms. The molecule has 0 aliphatic rings. The van der Waals surface area contributed by atoms with E-state index in [9.17, 15) is 9.18 Å². The van der Waals surface area contributed by atoms with Crippen molar-refractivity contribution in [1.29, 1.82) is 0 Å². The third-order valence-corrected chi connectivity index (χ3v) is 2.67. The number of nitrogens with zero attached hydrogens (tertiary/aromatic N) is 1. The minimum Gasteiger partial charge on any atom is -0.303 e. The highest BCUT2D eigenvalue weighted by Crippen LogP contribution is 2.20. The van der Waals surface area contributed by atoms with Gasteiger partial charge in [0, 0.05) is 12.0 Å². The normalized spacial score (nSPS) is 10.2. The van der Waals surface area contributed by atoms with Crippen molar-refractivity contribution in [3.05, 3.63) is 53.5 Å². The molecule has 0 fully saturated rings. The Morgan fingerprint density at radius 1 is 1.29 bits per heavy atom. The van der Waals surface area contributed by atoms with E-state index in [2.05, 4.69) is 4.98 Å². The van der Waals surface area contributed by atoms with Gasteiger partial charge in [-0.3, -0.25) is 4.98 Å². The molecule has 2 rings (SSSR count). The van der Waals surface area contributed by atoms with Crippen LogP contribution in [-0.4, -0.2) is 11.3 Å². The van der Waals surface area contributed by atoms with Crippen molar-refractivity contribution in [2.24, 2.45) is 0 Å². The van der Waals surface area contributed by atoms with Gasteiger partial charge in [0.05, 0.1) is 11.9 Å². The van der Waals surface area contributed by atoms with Gasteiger partial charge >= 0.3 is 0 Å². The van der Waals surface area contributed by atoms with E-state index in [1.807, 2.05) is 25.1 Å². The van der Waals surface area contributed by atoms with Gasteiger partial charge in [-0.15, -0.1) is 0 Å². The van der Waals surface area contributed by atoms with Crippen LogP contribution in [0.25, 0.3) is 11.3 Å². The van der Waals surface area contributed by atoms with Crippen LogP contribution in [0, 0.1) is 12.7 Å². The average Bonchev–Trinajstić information content (AvgIpc) is 2.33. The van der Waals surface area contributed by atoms with Crippen LogP contribution in [0.3, 0.4) is 0 Å². The number of rotatable bonds is 3. The number of hydrogen-bond donors (Lipinski definition) is 0. The highest BCUT2D eigenvalue weighted by molar-refractivity contribution is 5.63. The Morgan fingerprint density at radius 3 is 2.71 bits per heavy atom. The average molecular weight is 229 g/mol. The van der Waals surface area contributed by atoms with E-state index in [0.29, 0.717) is 6.42 Å². The molecule has 1 heterocycles. The number of aldehydes is 1. The molecule has 0 aliphatic heterocycles. The molecule has 0 saturated heterocycles. The molecule has 3 heteroatoms. The maximum atomic E-state index is 12.7. The molecule has 0 spiro atoms. The zero-order valence-electron chi connectivity index (χ0n) is 9.48. The molecule has 0 atom stereocenters. The predicted molar refractivity (Wildman–Crippen MR) is 64.1 cm³/mol. The minimum absolute atomic E-state index is 0.344. The molecular formula is C14H12FNO. The largest absolute Gasteiger partial charge is 0.303 e. The van der Waals surface area contributed by atoms with Crippen molar-refractivity contribution in [2.75, 3.05) is 0 Å². The molecule has 86 valence electrons. The first kappa shape index (κ1) is 11.5. The number of hydrogen-bond acceptors (Lipinski definition) is 2. The fraction of sp³-hybridized carbons (Fsp3) is 0.143. The van der Waals surface area contributed by atoms with E-state index in [-0.39, 0.29) is 5.82 Å². The Hall–Kier alpha value is -2.03. The summed E-state index contributed by atoms with van der Waals surface area (Å²) in [5.74, 6) is -0.344. The van der Waals surface area contributed by atoms with E-state index < -0.39 is 0 Å². The Kier molecular flexibility index (Phi) is 3.28. The van der Waals surface area contributed by atoms with Gasteiger partial charge in [-0.2, -0.15) is 0 Å². The van der Waals surface area contributed by atoms with Gasteiger partial charge in [-0.1, -0.05) is 12.1 Å². The summed E-state index contributed by atoms with van der Waals surface area (Å²) in [7, 11) is 0. The van der Waals surface area contributed by atoms with E-state index >= 15 is 0 Å². The molecule has 0 aliphatic carbocycles. The SMILES string of the molecule is Cc1cc(-c2ccc(F)cn2)ccc1CC=O. The van der Waals surface area contributed by atoms with E-state index in [1.54, 1.807) is 6.07 Å². The molecular weight excluding hydrogens is 217 g/mol. The summed E-state index contributed by atoms with van der Waals surface area (Å²) in [6.07, 6.45) is 2.51. The van der Waals surface area contributed by atoms with Gasteiger partial charge < -0.3 is 4.79 Å². The summed E-state index contributed by atoms with van der Waals surface area (Å²) in [4.78, 5) is 14.5. The van der Waals surface area contributed by atoms with Gasteiger partial charge in [0.25, 0.3) is 0 Å². The Labute approximate surface area is 99.1 Å². The number of aromatic nitrogens is 1. The number of carbonyl (C=O) groups is 1. The second-order valence-corrected chi connectivity index (χ2v) is 3.87. The highest BCUT2D eigenvalue weighted by atomic mass is 19.1. The van der Waals surface area contributed by atoms with Crippen molar-refractivity contribution in [3.8, 4) is 11.3 Å². The lowest BCUT2D eigenvalue weighted by Gasteiger charge is -2.06. The first-order chi connectivity index (χ1) is 8.20. The van der Waals surface area contributed by atoms with Crippen LogP contribution in [0.1, 0.15) is 11.1 Å². The van der Waals surface area contributed by atoms with Gasteiger partial charge in [-0.05, 0) is 36.2 Å². The number of pyridine rings is 1. The number of aryl methyl sites for hydroxylation is 1. The third-order valence-electron chi connectivity index (χ3n) is 2.67. The van der Waals surface area contributed by atoms with Gasteiger partial charge in [0.2, 0.25) is 0 Å². The Morgan fingerprint density at radius 2 is 2.12 bits per heavy atom. The van der Waals surface area contributed by atoms with Gasteiger partial charge in [0.1, 0.15) is 12.1 Å². The smallest absolute Gasteiger partial charge is 0.141 e. The zero-order valence-corrected chi connectivity index (χ0v) is 9.48. The fourth-order valence-electron chi connectivity index (χ4n) is 1.72. The molecule has 0 bridgehead atoms. The van der Waals surface area contributed by atoms with Crippen molar-refractivity contribution in [1.82, 2.24) is 4.98 Å². The molecule has 0 amide bonds. The Balaban J connectivity index is 2.37. The van der Waals surface area contributed by atoms with Crippen molar-refractivity contribution in [3.63, 3.8) is 0 Å². The molecule has 0 radical (unpaired) electrons. The summed E-state index contributed by atoms with van der Waals surface area (Å²) in [5.41, 5.74) is 3.70. The minimum atomic E-state index is -0.344. The van der Waals surface area contributed by atoms with E-state index in [1.165, 1.54) is 12.3 Å². The molecule has 0 saturated carbocycles. The van der Waals surface area contributed by atoms with Crippen LogP contribution >= 0.6 is 0 Å². The molecule has 2 aromatic rings. The number of carbonyl (C=O) groups excluding carboxylic acids is 1. The quantitative estimate of drug-likeness (QED) is 0.757. The van der Waals surface area contributed by atoms with Crippen LogP contribution in [0.15, 0.2) is 36.5 Å². The van der Waals surface area contributed by atoms with Crippen molar-refractivity contribution in [2.45, 2.75) is 13.3 Å². The lowest BCUT2D eigenvalue weighted by Crippen LogP contribution is -1.92. The van der Waals surface area contributed by atoms with Crippen LogP contribution in [-0.2, 0) is 11.2 Å². The second-order valence-electron chi connectivity index (χ2n) is 3.87. The van der Waals surface area contributed by atoms with E-state index in [4.69, 9.17) is 0 Å². The maximum absolute atomic E-state index is 12.7. The fourth-order valence-corrected chi connectivity index (χ4v) is 1.72. The molecule has 1 aromatic heterocycles. The summed E-state index contributed by atoms with van der Waals surface area (Å²) in [6.45, 7) is 1.95.